The Balaban J connectivity index is 1.73. The second kappa shape index (κ2) is 11.2. The first-order valence-corrected chi connectivity index (χ1v) is 11.4. The summed E-state index contributed by atoms with van der Waals surface area (Å²) in [6.45, 7) is 3.31. The Hall–Kier alpha value is -4.64. The van der Waals surface area contributed by atoms with Gasteiger partial charge >= 0.3 is 17.9 Å². The average molecular weight is 526 g/mol. The van der Waals surface area contributed by atoms with E-state index < -0.39 is 48.3 Å². The number of carbonyl (C=O) groups excluding carboxylic acids is 3. The highest BCUT2D eigenvalue weighted by Crippen LogP contribution is 2.36. The van der Waals surface area contributed by atoms with E-state index in [9.17, 15) is 24.0 Å². The number of ether oxygens (including phenoxy) is 4. The number of rotatable bonds is 8. The summed E-state index contributed by atoms with van der Waals surface area (Å²) in [4.78, 5) is 47.9. The van der Waals surface area contributed by atoms with Gasteiger partial charge in [-0.05, 0) is 6.07 Å². The Morgan fingerprint density at radius 1 is 1.11 bits per heavy atom. The van der Waals surface area contributed by atoms with E-state index in [2.05, 4.69) is 20.3 Å². The number of nitriles is 1. The Morgan fingerprint density at radius 3 is 2.47 bits per heavy atom. The highest BCUT2D eigenvalue weighted by Gasteiger charge is 2.51. The second-order valence-corrected chi connectivity index (χ2v) is 8.29. The number of carbonyl (C=O) groups is 3. The normalized spacial score (nSPS) is 20.5. The maximum Gasteiger partial charge on any atom is 0.303 e. The van der Waals surface area contributed by atoms with Crippen molar-refractivity contribution in [3.63, 3.8) is 0 Å². The van der Waals surface area contributed by atoms with Crippen molar-refractivity contribution in [1.29, 1.82) is 5.26 Å². The SMILES string of the molecule is CC(=O)OCC1OC(n2cnc3c(NCc4ccccc4F)nc(C#N)nc32)C(OC(C)=O)C1OC(C)=O. The van der Waals surface area contributed by atoms with Crippen molar-refractivity contribution in [2.75, 3.05) is 11.9 Å². The van der Waals surface area contributed by atoms with E-state index in [-0.39, 0.29) is 36.0 Å². The minimum atomic E-state index is -1.18. The number of aromatic nitrogens is 4. The zero-order valence-corrected chi connectivity index (χ0v) is 20.6. The topological polar surface area (TPSA) is 168 Å². The standard InChI is InChI=1S/C24H23FN6O7/c1-12(32)35-10-17-20(36-13(2)33)21(37-14(3)34)24(38-17)31-11-28-19-22(29-18(8-26)30-23(19)31)27-9-15-6-4-5-7-16(15)25/h4-7,11,17,20-21,24H,9-10H2,1-3H3,(H,27,29,30). The van der Waals surface area contributed by atoms with Gasteiger partial charge in [0.1, 0.15) is 24.6 Å². The summed E-state index contributed by atoms with van der Waals surface area (Å²) in [7, 11) is 0. The van der Waals surface area contributed by atoms with Crippen molar-refractivity contribution in [3.8, 4) is 6.07 Å². The van der Waals surface area contributed by atoms with Crippen LogP contribution in [-0.2, 0) is 39.9 Å². The fraction of sp³-hybridized carbons (Fsp3) is 0.375. The van der Waals surface area contributed by atoms with Gasteiger partial charge in [-0.15, -0.1) is 0 Å². The summed E-state index contributed by atoms with van der Waals surface area (Å²) >= 11 is 0. The molecule has 1 aromatic carbocycles. The van der Waals surface area contributed by atoms with Crippen LogP contribution in [0.15, 0.2) is 30.6 Å². The predicted molar refractivity (Wildman–Crippen MR) is 125 cm³/mol. The van der Waals surface area contributed by atoms with Crippen LogP contribution in [0, 0.1) is 17.1 Å². The molecular formula is C24H23FN6O7. The molecule has 2 aromatic heterocycles. The summed E-state index contributed by atoms with van der Waals surface area (Å²) in [5, 5.41) is 12.5. The number of esters is 3. The molecule has 0 aliphatic carbocycles. The van der Waals surface area contributed by atoms with Gasteiger partial charge in [-0.3, -0.25) is 19.0 Å². The molecule has 38 heavy (non-hydrogen) atoms. The van der Waals surface area contributed by atoms with Crippen LogP contribution in [0.2, 0.25) is 0 Å². The Morgan fingerprint density at radius 2 is 1.82 bits per heavy atom. The summed E-state index contributed by atoms with van der Waals surface area (Å²) < 4.78 is 37.4. The third kappa shape index (κ3) is 5.68. The van der Waals surface area contributed by atoms with Crippen molar-refractivity contribution >= 4 is 34.9 Å². The van der Waals surface area contributed by atoms with Crippen LogP contribution in [0.4, 0.5) is 10.2 Å². The number of fused-ring (bicyclic) bond motifs is 1. The van der Waals surface area contributed by atoms with Crippen molar-refractivity contribution in [2.24, 2.45) is 0 Å². The smallest absolute Gasteiger partial charge is 0.303 e. The Kier molecular flexibility index (Phi) is 7.77. The predicted octanol–water partition coefficient (Wildman–Crippen LogP) is 1.77. The molecule has 0 saturated carbocycles. The van der Waals surface area contributed by atoms with E-state index >= 15 is 0 Å². The van der Waals surface area contributed by atoms with E-state index in [0.29, 0.717) is 5.56 Å². The van der Waals surface area contributed by atoms with Gasteiger partial charge in [0.05, 0.1) is 6.33 Å². The summed E-state index contributed by atoms with van der Waals surface area (Å²) in [6, 6.07) is 8.03. The summed E-state index contributed by atoms with van der Waals surface area (Å²) in [5.74, 6) is -2.43. The second-order valence-electron chi connectivity index (χ2n) is 8.29. The van der Waals surface area contributed by atoms with Crippen molar-refractivity contribution in [1.82, 2.24) is 19.5 Å². The van der Waals surface area contributed by atoms with E-state index in [1.54, 1.807) is 18.2 Å². The first-order valence-electron chi connectivity index (χ1n) is 11.4. The largest absolute Gasteiger partial charge is 0.463 e. The van der Waals surface area contributed by atoms with Crippen LogP contribution in [0.5, 0.6) is 0 Å². The van der Waals surface area contributed by atoms with Crippen molar-refractivity contribution in [3.05, 3.63) is 47.8 Å². The third-order valence-electron chi connectivity index (χ3n) is 5.54. The highest BCUT2D eigenvalue weighted by atomic mass is 19.1. The number of nitrogens with zero attached hydrogens (tertiary/aromatic N) is 5. The molecule has 4 atom stereocenters. The fourth-order valence-corrected chi connectivity index (χ4v) is 4.01. The van der Waals surface area contributed by atoms with E-state index in [1.165, 1.54) is 37.7 Å². The molecule has 3 heterocycles. The number of nitrogens with one attached hydrogen (secondary N) is 1. The molecule has 1 saturated heterocycles. The van der Waals surface area contributed by atoms with Gasteiger partial charge in [-0.25, -0.2) is 9.37 Å². The number of hydrogen-bond donors (Lipinski definition) is 1. The molecule has 13 nitrogen and oxygen atoms in total. The first kappa shape index (κ1) is 26.4. The molecule has 198 valence electrons. The summed E-state index contributed by atoms with van der Waals surface area (Å²) in [5.41, 5.74) is 0.714. The lowest BCUT2D eigenvalue weighted by atomic mass is 10.1. The monoisotopic (exact) mass is 526 g/mol. The van der Waals surface area contributed by atoms with Crippen LogP contribution in [-0.4, -0.2) is 62.3 Å². The van der Waals surface area contributed by atoms with Gasteiger partial charge in [0.2, 0.25) is 5.82 Å². The van der Waals surface area contributed by atoms with E-state index in [4.69, 9.17) is 18.9 Å². The minimum Gasteiger partial charge on any atom is -0.463 e. The molecule has 1 aliphatic heterocycles. The van der Waals surface area contributed by atoms with Crippen LogP contribution < -0.4 is 5.32 Å². The average Bonchev–Trinajstić information content (AvgIpc) is 3.42. The van der Waals surface area contributed by atoms with Crippen molar-refractivity contribution in [2.45, 2.75) is 51.9 Å². The van der Waals surface area contributed by atoms with Gasteiger partial charge in [0.15, 0.2) is 35.4 Å². The molecule has 1 fully saturated rings. The lowest BCUT2D eigenvalue weighted by molar-refractivity contribution is -0.166. The number of halogens is 1. The molecule has 0 spiro atoms. The van der Waals surface area contributed by atoms with Gasteiger partial charge in [0, 0.05) is 32.9 Å². The Bertz CT molecular complexity index is 1420. The molecule has 4 rings (SSSR count). The molecule has 1 aliphatic rings. The van der Waals surface area contributed by atoms with Gasteiger partial charge < -0.3 is 24.3 Å². The lowest BCUT2D eigenvalue weighted by Crippen LogP contribution is -2.40. The molecule has 14 heteroatoms. The number of anilines is 1. The highest BCUT2D eigenvalue weighted by molar-refractivity contribution is 5.83. The van der Waals surface area contributed by atoms with Crippen LogP contribution in [0.1, 0.15) is 38.4 Å². The van der Waals surface area contributed by atoms with Crippen LogP contribution in [0.3, 0.4) is 0 Å². The molecule has 0 amide bonds. The van der Waals surface area contributed by atoms with E-state index in [1.807, 2.05) is 6.07 Å². The zero-order valence-electron chi connectivity index (χ0n) is 20.6. The molecule has 1 N–H and O–H groups in total. The molecular weight excluding hydrogens is 503 g/mol. The number of benzene rings is 1. The number of hydrogen-bond acceptors (Lipinski definition) is 12. The molecule has 4 unspecified atom stereocenters. The maximum atomic E-state index is 14.1. The zero-order chi connectivity index (χ0) is 27.4. The third-order valence-corrected chi connectivity index (χ3v) is 5.54. The molecule has 0 bridgehead atoms. The number of imidazole rings is 1. The molecule has 3 aromatic rings. The maximum absolute atomic E-state index is 14.1. The first-order chi connectivity index (χ1) is 18.2. The van der Waals surface area contributed by atoms with E-state index in [0.717, 1.165) is 0 Å². The lowest BCUT2D eigenvalue weighted by Gasteiger charge is -2.23. The molecule has 0 radical (unpaired) electrons. The minimum absolute atomic E-state index is 0.0471. The summed E-state index contributed by atoms with van der Waals surface area (Å²) in [6.07, 6.45) is -3.10. The van der Waals surface area contributed by atoms with Crippen LogP contribution in [0.25, 0.3) is 11.2 Å². The van der Waals surface area contributed by atoms with Crippen molar-refractivity contribution < 1.29 is 37.7 Å². The Labute approximate surface area is 215 Å². The van der Waals surface area contributed by atoms with Gasteiger partial charge in [-0.1, -0.05) is 18.2 Å². The van der Waals surface area contributed by atoms with Crippen LogP contribution >= 0.6 is 0 Å². The quantitative estimate of drug-likeness (QED) is 0.334. The fourth-order valence-electron chi connectivity index (χ4n) is 4.01. The van der Waals surface area contributed by atoms with Gasteiger partial charge in [-0.2, -0.15) is 15.2 Å². The van der Waals surface area contributed by atoms with Gasteiger partial charge in [0.25, 0.3) is 0 Å².